The number of rotatable bonds is 2. The molecule has 4 aliphatic carbocycles. The Bertz CT molecular complexity index is 366. The summed E-state index contributed by atoms with van der Waals surface area (Å²) in [6, 6.07) is 0.143. The minimum atomic E-state index is -0.473. The van der Waals surface area contributed by atoms with Crippen molar-refractivity contribution in [3.8, 4) is 0 Å². The third kappa shape index (κ3) is 1.82. The van der Waals surface area contributed by atoms with Crippen LogP contribution in [-0.4, -0.2) is 31.7 Å². The van der Waals surface area contributed by atoms with E-state index in [2.05, 4.69) is 13.8 Å². The quantitative estimate of drug-likeness (QED) is 0.772. The van der Waals surface area contributed by atoms with Gasteiger partial charge in [0.15, 0.2) is 0 Å². The average Bonchev–Trinajstić information content (AvgIpc) is 2.91. The first-order valence-electron chi connectivity index (χ1n) is 7.77. The first-order chi connectivity index (χ1) is 9.05. The zero-order chi connectivity index (χ0) is 13.2. The van der Waals surface area contributed by atoms with E-state index in [-0.39, 0.29) is 24.4 Å². The van der Waals surface area contributed by atoms with Gasteiger partial charge in [0, 0.05) is 6.04 Å². The van der Waals surface area contributed by atoms with Gasteiger partial charge in [0.25, 0.3) is 0 Å². The van der Waals surface area contributed by atoms with Gasteiger partial charge in [0.2, 0.25) is 0 Å². The maximum absolute atomic E-state index is 6.28. The van der Waals surface area contributed by atoms with Gasteiger partial charge in [0.1, 0.15) is 0 Å². The zero-order valence-corrected chi connectivity index (χ0v) is 11.9. The van der Waals surface area contributed by atoms with Crippen molar-refractivity contribution in [3.63, 3.8) is 0 Å². The Morgan fingerprint density at radius 3 is 2.47 bits per heavy atom. The second-order valence-corrected chi connectivity index (χ2v) is 7.43. The first kappa shape index (κ1) is 12.6. The van der Waals surface area contributed by atoms with Crippen molar-refractivity contribution in [2.75, 3.05) is 0 Å². The summed E-state index contributed by atoms with van der Waals surface area (Å²) in [6.07, 6.45) is 6.38. The van der Waals surface area contributed by atoms with Gasteiger partial charge in [-0.05, 0) is 49.4 Å². The normalized spacial score (nSPS) is 51.0. The molecule has 0 aromatic heterocycles. The van der Waals surface area contributed by atoms with Crippen molar-refractivity contribution in [2.45, 2.75) is 70.3 Å². The third-order valence-corrected chi connectivity index (χ3v) is 6.15. The molecule has 4 nitrogen and oxygen atoms in total. The SMILES string of the molecule is CC1(C)[C@H]2C[C@@H](N)[C@@H](OB3OC4CCCC4O3)[C@@H]1C2. The van der Waals surface area contributed by atoms with Crippen molar-refractivity contribution >= 4 is 7.32 Å². The summed E-state index contributed by atoms with van der Waals surface area (Å²) in [4.78, 5) is 0. The van der Waals surface area contributed by atoms with E-state index in [9.17, 15) is 0 Å². The van der Waals surface area contributed by atoms with E-state index in [1.54, 1.807) is 0 Å². The minimum absolute atomic E-state index is 0.101. The highest BCUT2D eigenvalue weighted by atomic mass is 16.8. The number of nitrogens with two attached hydrogens (primary N) is 1. The second-order valence-electron chi connectivity index (χ2n) is 7.43. The molecule has 1 heterocycles. The zero-order valence-electron chi connectivity index (χ0n) is 11.9. The standard InChI is InChI=1S/C14H24BNO3/c1-14(2)8-6-9(14)13(10(16)7-8)19-15-17-11-4-3-5-12(11)18-15/h8-13H,3-7,16H2,1-2H3/t8-,9+,10-,11?,12?,13+/m1/s1. The molecule has 106 valence electrons. The Morgan fingerprint density at radius 2 is 1.84 bits per heavy atom. The first-order valence-corrected chi connectivity index (χ1v) is 7.77. The van der Waals surface area contributed by atoms with Crippen LogP contribution in [0, 0.1) is 17.3 Å². The molecule has 5 fully saturated rings. The highest BCUT2D eigenvalue weighted by molar-refractivity contribution is 6.37. The van der Waals surface area contributed by atoms with Crippen LogP contribution in [0.2, 0.25) is 0 Å². The molecular weight excluding hydrogens is 241 g/mol. The maximum Gasteiger partial charge on any atom is 0.640 e. The van der Waals surface area contributed by atoms with Crippen molar-refractivity contribution in [1.29, 1.82) is 0 Å². The summed E-state index contributed by atoms with van der Waals surface area (Å²) in [5.74, 6) is 1.34. The fourth-order valence-electron chi connectivity index (χ4n) is 4.68. The highest BCUT2D eigenvalue weighted by Gasteiger charge is 2.59. The smallest absolute Gasteiger partial charge is 0.381 e. The van der Waals surface area contributed by atoms with Gasteiger partial charge < -0.3 is 19.7 Å². The van der Waals surface area contributed by atoms with E-state index in [0.717, 1.165) is 25.2 Å². The summed E-state index contributed by atoms with van der Waals surface area (Å²) in [5.41, 5.74) is 6.65. The predicted molar refractivity (Wildman–Crippen MR) is 72.2 cm³/mol. The Hall–Kier alpha value is -0.0951. The molecular formula is C14H24BNO3. The van der Waals surface area contributed by atoms with Crippen LogP contribution in [0.15, 0.2) is 0 Å². The molecule has 6 atom stereocenters. The molecule has 2 unspecified atom stereocenters. The lowest BCUT2D eigenvalue weighted by Gasteiger charge is -2.61. The summed E-state index contributed by atoms with van der Waals surface area (Å²) in [5, 5.41) is 0. The van der Waals surface area contributed by atoms with Gasteiger partial charge >= 0.3 is 7.32 Å². The summed E-state index contributed by atoms with van der Waals surface area (Å²) in [7, 11) is -0.473. The van der Waals surface area contributed by atoms with Gasteiger partial charge in [0.05, 0.1) is 18.3 Å². The molecule has 19 heavy (non-hydrogen) atoms. The maximum atomic E-state index is 6.28. The van der Waals surface area contributed by atoms with Crippen LogP contribution < -0.4 is 5.73 Å². The van der Waals surface area contributed by atoms with Gasteiger partial charge in [-0.1, -0.05) is 13.8 Å². The molecule has 1 saturated heterocycles. The Labute approximate surface area is 115 Å². The van der Waals surface area contributed by atoms with Gasteiger partial charge in [-0.2, -0.15) is 0 Å². The van der Waals surface area contributed by atoms with Gasteiger partial charge in [-0.15, -0.1) is 0 Å². The minimum Gasteiger partial charge on any atom is -0.381 e. The fraction of sp³-hybridized carbons (Fsp3) is 1.00. The van der Waals surface area contributed by atoms with Crippen LogP contribution in [-0.2, 0) is 14.0 Å². The molecule has 0 amide bonds. The molecule has 2 N–H and O–H groups in total. The van der Waals surface area contributed by atoms with E-state index in [1.807, 2.05) is 0 Å². The van der Waals surface area contributed by atoms with Crippen molar-refractivity contribution in [2.24, 2.45) is 23.0 Å². The summed E-state index contributed by atoms with van der Waals surface area (Å²) >= 11 is 0. The monoisotopic (exact) mass is 265 g/mol. The molecule has 2 bridgehead atoms. The van der Waals surface area contributed by atoms with Crippen molar-refractivity contribution in [1.82, 2.24) is 0 Å². The second kappa shape index (κ2) is 4.20. The molecule has 4 saturated carbocycles. The summed E-state index contributed by atoms with van der Waals surface area (Å²) < 4.78 is 17.9. The Balaban J connectivity index is 1.42. The number of hydrogen-bond acceptors (Lipinski definition) is 4. The molecule has 5 rings (SSSR count). The van der Waals surface area contributed by atoms with Crippen molar-refractivity contribution in [3.05, 3.63) is 0 Å². The Morgan fingerprint density at radius 1 is 1.16 bits per heavy atom. The highest BCUT2D eigenvalue weighted by Crippen LogP contribution is 2.59. The molecule has 0 radical (unpaired) electrons. The Kier molecular flexibility index (Phi) is 2.79. The molecule has 0 aromatic rings. The average molecular weight is 265 g/mol. The molecule has 5 aliphatic rings. The largest absolute Gasteiger partial charge is 0.640 e. The van der Waals surface area contributed by atoms with Crippen molar-refractivity contribution < 1.29 is 14.0 Å². The van der Waals surface area contributed by atoms with Gasteiger partial charge in [-0.3, -0.25) is 0 Å². The third-order valence-electron chi connectivity index (χ3n) is 6.15. The summed E-state index contributed by atoms with van der Waals surface area (Å²) in [6.45, 7) is 4.69. The topological polar surface area (TPSA) is 53.7 Å². The van der Waals surface area contributed by atoms with E-state index in [4.69, 9.17) is 19.7 Å². The predicted octanol–water partition coefficient (Wildman–Crippen LogP) is 1.72. The van der Waals surface area contributed by atoms with E-state index in [1.165, 1.54) is 12.8 Å². The molecule has 1 aliphatic heterocycles. The van der Waals surface area contributed by atoms with Crippen LogP contribution in [0.3, 0.4) is 0 Å². The molecule has 5 heteroatoms. The van der Waals surface area contributed by atoms with Crippen LogP contribution >= 0.6 is 0 Å². The lowest BCUT2D eigenvalue weighted by molar-refractivity contribution is -0.149. The fourth-order valence-corrected chi connectivity index (χ4v) is 4.68. The molecule has 0 spiro atoms. The number of hydrogen-bond donors (Lipinski definition) is 1. The van der Waals surface area contributed by atoms with Gasteiger partial charge in [-0.25, -0.2) is 0 Å². The van der Waals surface area contributed by atoms with E-state index >= 15 is 0 Å². The van der Waals surface area contributed by atoms with Crippen LogP contribution in [0.4, 0.5) is 0 Å². The van der Waals surface area contributed by atoms with E-state index in [0.29, 0.717) is 11.3 Å². The lowest BCUT2D eigenvalue weighted by Crippen LogP contribution is -2.64. The van der Waals surface area contributed by atoms with E-state index < -0.39 is 7.32 Å². The number of fused-ring (bicyclic) bond motifs is 3. The van der Waals surface area contributed by atoms with Crippen LogP contribution in [0.1, 0.15) is 46.0 Å². The lowest BCUT2D eigenvalue weighted by atomic mass is 9.47. The van der Waals surface area contributed by atoms with Crippen LogP contribution in [0.5, 0.6) is 0 Å². The van der Waals surface area contributed by atoms with Crippen LogP contribution in [0.25, 0.3) is 0 Å². The molecule has 0 aromatic carbocycles.